The van der Waals surface area contributed by atoms with Gasteiger partial charge >= 0.3 is 11.8 Å². The van der Waals surface area contributed by atoms with Gasteiger partial charge in [-0.15, -0.1) is 0 Å². The molecule has 2 heterocycles. The Labute approximate surface area is 179 Å². The van der Waals surface area contributed by atoms with Crippen molar-refractivity contribution in [3.8, 4) is 0 Å². The molecule has 2 saturated heterocycles. The van der Waals surface area contributed by atoms with Crippen LogP contribution in [0.25, 0.3) is 0 Å². The van der Waals surface area contributed by atoms with Gasteiger partial charge in [0.15, 0.2) is 9.84 Å². The highest BCUT2D eigenvalue weighted by Gasteiger charge is 2.38. The van der Waals surface area contributed by atoms with Crippen molar-refractivity contribution in [2.75, 3.05) is 51.8 Å². The number of carbonyl (C=O) groups excluding carboxylic acids is 2. The minimum Gasteiger partial charge on any atom is -0.334 e. The average molecular weight is 436 g/mol. The first-order chi connectivity index (χ1) is 14.2. The number of benzene rings is 1. The van der Waals surface area contributed by atoms with E-state index in [2.05, 4.69) is 12.1 Å². The van der Waals surface area contributed by atoms with E-state index in [0.717, 1.165) is 19.3 Å². The molecule has 0 aromatic heterocycles. The van der Waals surface area contributed by atoms with Gasteiger partial charge in [0.05, 0.1) is 11.5 Å². The summed E-state index contributed by atoms with van der Waals surface area (Å²) in [5.41, 5.74) is 1.30. The van der Waals surface area contributed by atoms with Crippen molar-refractivity contribution in [1.82, 2.24) is 14.7 Å². The molecule has 0 aliphatic carbocycles. The number of carbonyl (C=O) groups is 2. The zero-order valence-corrected chi connectivity index (χ0v) is 18.8. The van der Waals surface area contributed by atoms with Gasteiger partial charge in [0, 0.05) is 32.2 Å². The first-order valence-corrected chi connectivity index (χ1v) is 12.6. The molecule has 2 amide bonds. The Morgan fingerprint density at radius 3 is 2.27 bits per heavy atom. The lowest BCUT2D eigenvalue weighted by molar-refractivity contribution is -0.153. The molecule has 1 atom stereocenters. The minimum absolute atomic E-state index is 0.0431. The lowest BCUT2D eigenvalue weighted by Gasteiger charge is -2.35. The summed E-state index contributed by atoms with van der Waals surface area (Å²) in [6.45, 7) is 2.11. The van der Waals surface area contributed by atoms with Crippen molar-refractivity contribution in [1.29, 1.82) is 0 Å². The minimum atomic E-state index is -3.13. The van der Waals surface area contributed by atoms with Gasteiger partial charge in [0.2, 0.25) is 0 Å². The van der Waals surface area contributed by atoms with Crippen molar-refractivity contribution >= 4 is 21.7 Å². The van der Waals surface area contributed by atoms with Crippen LogP contribution in [0.5, 0.6) is 0 Å². The summed E-state index contributed by atoms with van der Waals surface area (Å²) in [6, 6.07) is 9.94. The predicted molar refractivity (Wildman–Crippen MR) is 117 cm³/mol. The molecule has 0 N–H and O–H groups in total. The van der Waals surface area contributed by atoms with E-state index >= 15 is 0 Å². The summed E-state index contributed by atoms with van der Waals surface area (Å²) >= 11 is 0. The summed E-state index contributed by atoms with van der Waals surface area (Å²) in [5, 5.41) is 0. The third-order valence-electron chi connectivity index (χ3n) is 6.15. The van der Waals surface area contributed by atoms with Crippen LogP contribution in [0.4, 0.5) is 0 Å². The molecule has 0 bridgehead atoms. The average Bonchev–Trinajstić information content (AvgIpc) is 3.08. The molecule has 7 nitrogen and oxygen atoms in total. The van der Waals surface area contributed by atoms with Gasteiger partial charge in [-0.1, -0.05) is 30.3 Å². The lowest BCUT2D eigenvalue weighted by Crippen LogP contribution is -2.52. The largest absolute Gasteiger partial charge is 0.334 e. The molecule has 0 spiro atoms. The van der Waals surface area contributed by atoms with Crippen molar-refractivity contribution in [3.05, 3.63) is 35.9 Å². The number of rotatable bonds is 6. The van der Waals surface area contributed by atoms with E-state index in [0.29, 0.717) is 38.5 Å². The number of hydrogen-bond donors (Lipinski definition) is 0. The molecule has 2 aliphatic rings. The number of hydrogen-bond acceptors (Lipinski definition) is 5. The maximum atomic E-state index is 13.0. The highest BCUT2D eigenvalue weighted by Crippen LogP contribution is 2.23. The highest BCUT2D eigenvalue weighted by molar-refractivity contribution is 7.91. The van der Waals surface area contributed by atoms with E-state index in [9.17, 15) is 18.0 Å². The Balaban J connectivity index is 1.58. The van der Waals surface area contributed by atoms with Gasteiger partial charge < -0.3 is 14.7 Å². The van der Waals surface area contributed by atoms with Gasteiger partial charge in [-0.05, 0) is 51.3 Å². The van der Waals surface area contributed by atoms with Gasteiger partial charge in [-0.3, -0.25) is 9.59 Å². The van der Waals surface area contributed by atoms with Crippen LogP contribution in [-0.4, -0.2) is 92.8 Å². The molecule has 2 aliphatic heterocycles. The second-order valence-electron chi connectivity index (χ2n) is 8.78. The molecule has 8 heteroatoms. The molecule has 1 unspecified atom stereocenters. The van der Waals surface area contributed by atoms with Gasteiger partial charge in [-0.25, -0.2) is 8.42 Å². The fourth-order valence-electron chi connectivity index (χ4n) is 4.32. The fraction of sp³-hybridized carbons (Fsp3) is 0.636. The molecular weight excluding hydrogens is 402 g/mol. The highest BCUT2D eigenvalue weighted by atomic mass is 32.2. The molecular formula is C22H33N3O4S. The van der Waals surface area contributed by atoms with Crippen molar-refractivity contribution in [2.24, 2.45) is 5.92 Å². The summed E-state index contributed by atoms with van der Waals surface area (Å²) in [7, 11) is 0.660. The van der Waals surface area contributed by atoms with Crippen molar-refractivity contribution in [3.63, 3.8) is 0 Å². The molecule has 166 valence electrons. The quantitative estimate of drug-likeness (QED) is 0.624. The zero-order chi connectivity index (χ0) is 21.7. The summed E-state index contributed by atoms with van der Waals surface area (Å²) in [4.78, 5) is 31.1. The summed E-state index contributed by atoms with van der Waals surface area (Å²) < 4.78 is 23.8. The number of likely N-dealkylation sites (N-methyl/N-ethyl adjacent to an activating group) is 1. The maximum absolute atomic E-state index is 13.0. The van der Waals surface area contributed by atoms with Crippen molar-refractivity contribution < 1.29 is 18.0 Å². The van der Waals surface area contributed by atoms with Crippen LogP contribution in [0.1, 0.15) is 24.8 Å². The van der Waals surface area contributed by atoms with Crippen LogP contribution in [0.15, 0.2) is 30.3 Å². The SMILES string of the molecule is CN(C)CCN(C(=O)C(=O)N1CCC(Cc2ccccc2)CC1)C1CCS(=O)(=O)C1. The first kappa shape index (κ1) is 22.7. The molecule has 1 aromatic rings. The third-order valence-corrected chi connectivity index (χ3v) is 7.90. The standard InChI is InChI=1S/C22H33N3O4S/c1-23(2)13-14-25(20-10-15-30(28,29)17-20)22(27)21(26)24-11-8-19(9-12-24)16-18-6-4-3-5-7-18/h3-7,19-20H,8-17H2,1-2H3. The van der Waals surface area contributed by atoms with Gasteiger partial charge in [-0.2, -0.15) is 0 Å². The van der Waals surface area contributed by atoms with E-state index < -0.39 is 27.7 Å². The van der Waals surface area contributed by atoms with Crippen LogP contribution in [0.3, 0.4) is 0 Å². The number of piperidine rings is 1. The molecule has 1 aromatic carbocycles. The number of amides is 2. The van der Waals surface area contributed by atoms with Crippen LogP contribution >= 0.6 is 0 Å². The van der Waals surface area contributed by atoms with E-state index in [1.165, 1.54) is 10.5 Å². The van der Waals surface area contributed by atoms with E-state index in [1.807, 2.05) is 37.2 Å². The predicted octanol–water partition coefficient (Wildman–Crippen LogP) is 1.05. The van der Waals surface area contributed by atoms with E-state index in [1.54, 1.807) is 4.90 Å². The number of likely N-dealkylation sites (tertiary alicyclic amines) is 1. The zero-order valence-electron chi connectivity index (χ0n) is 18.0. The number of sulfone groups is 1. The second-order valence-corrected chi connectivity index (χ2v) is 11.0. The molecule has 30 heavy (non-hydrogen) atoms. The molecule has 0 radical (unpaired) electrons. The number of nitrogens with zero attached hydrogens (tertiary/aromatic N) is 3. The normalized spacial score (nSPS) is 21.7. The monoisotopic (exact) mass is 435 g/mol. The Kier molecular flexibility index (Phi) is 7.52. The van der Waals surface area contributed by atoms with E-state index in [4.69, 9.17) is 0 Å². The third kappa shape index (κ3) is 6.04. The molecule has 2 fully saturated rings. The second kappa shape index (κ2) is 9.92. The maximum Gasteiger partial charge on any atom is 0.312 e. The van der Waals surface area contributed by atoms with Gasteiger partial charge in [0.25, 0.3) is 0 Å². The fourth-order valence-corrected chi connectivity index (χ4v) is 6.06. The van der Waals surface area contributed by atoms with Gasteiger partial charge in [0.1, 0.15) is 0 Å². The van der Waals surface area contributed by atoms with Crippen molar-refractivity contribution in [2.45, 2.75) is 31.7 Å². The Morgan fingerprint density at radius 1 is 1.03 bits per heavy atom. The summed E-state index contributed by atoms with van der Waals surface area (Å²) in [6.07, 6.45) is 3.16. The molecule has 0 saturated carbocycles. The molecule has 3 rings (SSSR count). The van der Waals surface area contributed by atoms with Crippen LogP contribution in [-0.2, 0) is 25.8 Å². The Bertz CT molecular complexity index is 833. The van der Waals surface area contributed by atoms with Crippen LogP contribution in [0.2, 0.25) is 0 Å². The van der Waals surface area contributed by atoms with E-state index in [-0.39, 0.29) is 11.5 Å². The van der Waals surface area contributed by atoms with Crippen LogP contribution in [0, 0.1) is 5.92 Å². The Morgan fingerprint density at radius 2 is 1.70 bits per heavy atom. The van der Waals surface area contributed by atoms with Crippen LogP contribution < -0.4 is 0 Å². The Hall–Kier alpha value is -1.93. The smallest absolute Gasteiger partial charge is 0.312 e. The first-order valence-electron chi connectivity index (χ1n) is 10.7. The lowest BCUT2D eigenvalue weighted by atomic mass is 9.90. The summed E-state index contributed by atoms with van der Waals surface area (Å²) in [5.74, 6) is -0.491. The topological polar surface area (TPSA) is 78.0 Å².